The predicted octanol–water partition coefficient (Wildman–Crippen LogP) is 1.39. The fourth-order valence-corrected chi connectivity index (χ4v) is 3.93. The van der Waals surface area contributed by atoms with Crippen LogP contribution in [0.3, 0.4) is 0 Å². The average Bonchev–Trinajstić information content (AvgIpc) is 2.98. The van der Waals surface area contributed by atoms with Crippen molar-refractivity contribution < 1.29 is 22.7 Å². The molecule has 10 heteroatoms. The lowest BCUT2D eigenvalue weighted by molar-refractivity contribution is -0.137. The summed E-state index contributed by atoms with van der Waals surface area (Å²) in [6.45, 7) is 2.14. The molecule has 0 spiro atoms. The molecule has 0 aliphatic carbocycles. The highest BCUT2D eigenvalue weighted by Gasteiger charge is 2.17. The third kappa shape index (κ3) is 5.28. The summed E-state index contributed by atoms with van der Waals surface area (Å²) in [5, 5.41) is 1.74. The van der Waals surface area contributed by atoms with Crippen LogP contribution >= 0.6 is 11.3 Å². The van der Waals surface area contributed by atoms with Crippen LogP contribution in [-0.4, -0.2) is 39.7 Å². The molecule has 1 aromatic carbocycles. The van der Waals surface area contributed by atoms with Crippen LogP contribution in [0, 0.1) is 6.92 Å². The average molecular weight is 412 g/mol. The van der Waals surface area contributed by atoms with Gasteiger partial charge in [-0.3, -0.25) is 9.36 Å². The smallest absolute Gasteiger partial charge is 0.330 e. The number of benzene rings is 1. The molecule has 0 saturated heterocycles. The molecule has 0 aliphatic rings. The van der Waals surface area contributed by atoms with Gasteiger partial charge in [-0.2, -0.15) is 0 Å². The van der Waals surface area contributed by atoms with Crippen LogP contribution in [0.5, 0.6) is 5.75 Å². The molecule has 2 aromatic rings. The standard InChI is InChI=1S/C17H20N2O6S2/c1-12-11-26-17(21)19(12)8-9-25-16(20)7-5-13-4-6-14(24-3)15(10-13)27(22,23)18-2/h4-7,10-11,18H,8-9H2,1-3H3/b7-5+. The topological polar surface area (TPSA) is 104 Å². The van der Waals surface area contributed by atoms with E-state index in [4.69, 9.17) is 9.47 Å². The van der Waals surface area contributed by atoms with Crippen molar-refractivity contribution in [1.29, 1.82) is 0 Å². The Kier molecular flexibility index (Phi) is 6.94. The molecule has 1 N–H and O–H groups in total. The zero-order valence-corrected chi connectivity index (χ0v) is 16.7. The molecule has 27 heavy (non-hydrogen) atoms. The summed E-state index contributed by atoms with van der Waals surface area (Å²) in [6.07, 6.45) is 2.64. The molecule has 1 heterocycles. The number of hydrogen-bond acceptors (Lipinski definition) is 7. The Balaban J connectivity index is 2.03. The lowest BCUT2D eigenvalue weighted by Gasteiger charge is -2.09. The Morgan fingerprint density at radius 3 is 2.70 bits per heavy atom. The second-order valence-corrected chi connectivity index (χ2v) is 8.09. The first kappa shape index (κ1) is 20.9. The molecule has 0 aliphatic heterocycles. The van der Waals surface area contributed by atoms with Gasteiger partial charge in [0, 0.05) is 17.2 Å². The number of aryl methyl sites for hydroxylation is 1. The number of hydrogen-bond donors (Lipinski definition) is 1. The zero-order valence-electron chi connectivity index (χ0n) is 15.1. The van der Waals surface area contributed by atoms with Crippen LogP contribution in [0.2, 0.25) is 0 Å². The number of methoxy groups -OCH3 is 1. The summed E-state index contributed by atoms with van der Waals surface area (Å²) < 4.78 is 38.0. The fourth-order valence-electron chi connectivity index (χ4n) is 2.24. The van der Waals surface area contributed by atoms with Gasteiger partial charge in [0.25, 0.3) is 0 Å². The minimum Gasteiger partial charge on any atom is -0.495 e. The highest BCUT2D eigenvalue weighted by molar-refractivity contribution is 7.89. The molecule has 0 saturated carbocycles. The van der Waals surface area contributed by atoms with Gasteiger partial charge in [-0.25, -0.2) is 17.9 Å². The number of carbonyl (C=O) groups is 1. The van der Waals surface area contributed by atoms with E-state index in [0.29, 0.717) is 5.56 Å². The van der Waals surface area contributed by atoms with Crippen molar-refractivity contribution in [2.24, 2.45) is 0 Å². The molecule has 0 unspecified atom stereocenters. The van der Waals surface area contributed by atoms with Crippen LogP contribution in [0.25, 0.3) is 6.08 Å². The van der Waals surface area contributed by atoms with Crippen LogP contribution < -0.4 is 14.3 Å². The second kappa shape index (κ2) is 8.98. The molecule has 0 amide bonds. The lowest BCUT2D eigenvalue weighted by atomic mass is 10.2. The molecular formula is C17H20N2O6S2. The highest BCUT2D eigenvalue weighted by atomic mass is 32.2. The number of sulfonamides is 1. The first-order valence-electron chi connectivity index (χ1n) is 7.90. The quantitative estimate of drug-likeness (QED) is 0.519. The fraction of sp³-hybridized carbons (Fsp3) is 0.294. The van der Waals surface area contributed by atoms with Crippen molar-refractivity contribution in [2.75, 3.05) is 20.8 Å². The molecule has 1 aromatic heterocycles. The predicted molar refractivity (Wildman–Crippen MR) is 103 cm³/mol. The molecule has 0 bridgehead atoms. The van der Waals surface area contributed by atoms with Gasteiger partial charge in [0.05, 0.1) is 13.7 Å². The Morgan fingerprint density at radius 2 is 2.11 bits per heavy atom. The van der Waals surface area contributed by atoms with E-state index in [1.54, 1.807) is 18.4 Å². The van der Waals surface area contributed by atoms with E-state index in [-0.39, 0.29) is 28.7 Å². The molecule has 2 rings (SSSR count). The number of thiazole rings is 1. The van der Waals surface area contributed by atoms with E-state index in [0.717, 1.165) is 17.0 Å². The normalized spacial score (nSPS) is 11.7. The van der Waals surface area contributed by atoms with Crippen molar-refractivity contribution in [2.45, 2.75) is 18.4 Å². The van der Waals surface area contributed by atoms with Gasteiger partial charge in [0.15, 0.2) is 0 Å². The van der Waals surface area contributed by atoms with Crippen LogP contribution in [0.1, 0.15) is 11.3 Å². The zero-order chi connectivity index (χ0) is 20.0. The molecular weight excluding hydrogens is 392 g/mol. The number of aromatic nitrogens is 1. The number of ether oxygens (including phenoxy) is 2. The SMILES string of the molecule is CNS(=O)(=O)c1cc(/C=C/C(=O)OCCn2c(C)csc2=O)ccc1OC. The van der Waals surface area contributed by atoms with E-state index in [1.165, 1.54) is 43.0 Å². The van der Waals surface area contributed by atoms with E-state index < -0.39 is 16.0 Å². The van der Waals surface area contributed by atoms with E-state index in [2.05, 4.69) is 4.72 Å². The third-order valence-electron chi connectivity index (χ3n) is 3.69. The Morgan fingerprint density at radius 1 is 1.37 bits per heavy atom. The number of carbonyl (C=O) groups excluding carboxylic acids is 1. The molecule has 0 radical (unpaired) electrons. The number of nitrogens with zero attached hydrogens (tertiary/aromatic N) is 1. The van der Waals surface area contributed by atoms with Crippen LogP contribution in [0.15, 0.2) is 39.3 Å². The first-order chi connectivity index (χ1) is 12.8. The van der Waals surface area contributed by atoms with Crippen molar-refractivity contribution in [3.63, 3.8) is 0 Å². The summed E-state index contributed by atoms with van der Waals surface area (Å²) in [6, 6.07) is 4.51. The van der Waals surface area contributed by atoms with E-state index in [9.17, 15) is 18.0 Å². The summed E-state index contributed by atoms with van der Waals surface area (Å²) >= 11 is 1.09. The minimum absolute atomic E-state index is 0.0321. The van der Waals surface area contributed by atoms with Crippen molar-refractivity contribution >= 4 is 33.4 Å². The van der Waals surface area contributed by atoms with Crippen molar-refractivity contribution in [3.8, 4) is 5.75 Å². The Hall–Kier alpha value is -2.43. The molecule has 146 valence electrons. The maximum atomic E-state index is 12.0. The monoisotopic (exact) mass is 412 g/mol. The summed E-state index contributed by atoms with van der Waals surface area (Å²) in [4.78, 5) is 23.3. The number of esters is 1. The van der Waals surface area contributed by atoms with E-state index in [1.807, 2.05) is 0 Å². The maximum Gasteiger partial charge on any atom is 0.330 e. The second-order valence-electron chi connectivity index (χ2n) is 5.41. The van der Waals surface area contributed by atoms with Gasteiger partial charge in [-0.05, 0) is 37.7 Å². The largest absolute Gasteiger partial charge is 0.495 e. The van der Waals surface area contributed by atoms with E-state index >= 15 is 0 Å². The maximum absolute atomic E-state index is 12.0. The third-order valence-corrected chi connectivity index (χ3v) is 6.01. The summed E-state index contributed by atoms with van der Waals surface area (Å²) in [5.41, 5.74) is 1.31. The van der Waals surface area contributed by atoms with Gasteiger partial charge in [-0.1, -0.05) is 17.4 Å². The summed E-state index contributed by atoms with van der Waals surface area (Å²) in [7, 11) is -1.03. The van der Waals surface area contributed by atoms with Crippen molar-refractivity contribution in [1.82, 2.24) is 9.29 Å². The van der Waals surface area contributed by atoms with Gasteiger partial charge in [0.2, 0.25) is 10.0 Å². The van der Waals surface area contributed by atoms with Crippen molar-refractivity contribution in [3.05, 3.63) is 50.6 Å². The number of rotatable bonds is 8. The Bertz CT molecular complexity index is 1000. The molecule has 0 fully saturated rings. The van der Waals surface area contributed by atoms with Crippen LogP contribution in [0.4, 0.5) is 0 Å². The first-order valence-corrected chi connectivity index (χ1v) is 10.3. The summed E-state index contributed by atoms with van der Waals surface area (Å²) in [5.74, 6) is -0.398. The minimum atomic E-state index is -3.71. The van der Waals surface area contributed by atoms with Gasteiger partial charge >= 0.3 is 10.8 Å². The highest BCUT2D eigenvalue weighted by Crippen LogP contribution is 2.25. The lowest BCUT2D eigenvalue weighted by Crippen LogP contribution is -2.19. The number of nitrogens with one attached hydrogen (secondary N) is 1. The molecule has 8 nitrogen and oxygen atoms in total. The van der Waals surface area contributed by atoms with Crippen LogP contribution in [-0.2, 0) is 26.1 Å². The molecule has 0 atom stereocenters. The van der Waals surface area contributed by atoms with Gasteiger partial charge in [-0.15, -0.1) is 0 Å². The van der Waals surface area contributed by atoms with Gasteiger partial charge < -0.3 is 9.47 Å². The van der Waals surface area contributed by atoms with Gasteiger partial charge in [0.1, 0.15) is 17.3 Å². The Labute approximate surface area is 161 Å².